The van der Waals surface area contributed by atoms with E-state index in [4.69, 9.17) is 10.8 Å². The molecule has 1 saturated carbocycles. The van der Waals surface area contributed by atoms with Crippen LogP contribution in [0.15, 0.2) is 48.7 Å². The monoisotopic (exact) mass is 748 g/mol. The van der Waals surface area contributed by atoms with E-state index >= 15 is 0 Å². The molecule has 3 aromatic rings. The van der Waals surface area contributed by atoms with Crippen molar-refractivity contribution in [3.63, 3.8) is 0 Å². The summed E-state index contributed by atoms with van der Waals surface area (Å²) in [6.45, 7) is 3.29. The number of benzene rings is 2. The summed E-state index contributed by atoms with van der Waals surface area (Å²) in [5.74, 6) is -2.41. The number of nitrogens with zero attached hydrogens (tertiary/aromatic N) is 4. The second-order valence-electron chi connectivity index (χ2n) is 15.0. The summed E-state index contributed by atoms with van der Waals surface area (Å²) in [6, 6.07) is 9.19. The fourth-order valence-electron chi connectivity index (χ4n) is 7.66. The van der Waals surface area contributed by atoms with Crippen molar-refractivity contribution in [2.75, 3.05) is 13.1 Å². The molecule has 16 heteroatoms. The van der Waals surface area contributed by atoms with E-state index in [0.29, 0.717) is 30.5 Å². The Morgan fingerprint density at radius 2 is 1.72 bits per heavy atom. The van der Waals surface area contributed by atoms with Gasteiger partial charge in [0.25, 0.3) is 5.91 Å². The second kappa shape index (κ2) is 17.8. The molecule has 5 atom stereocenters. The Balaban J connectivity index is 1.44. The number of rotatable bonds is 16. The lowest BCUT2D eigenvalue weighted by Crippen LogP contribution is -2.57. The lowest BCUT2D eigenvalue weighted by atomic mass is 9.84. The number of aromatic nitrogens is 3. The molecule has 0 radical (unpaired) electrons. The Morgan fingerprint density at radius 3 is 2.41 bits per heavy atom. The van der Waals surface area contributed by atoms with Crippen molar-refractivity contribution >= 4 is 40.5 Å². The lowest BCUT2D eigenvalue weighted by molar-refractivity contribution is -0.141. The fraction of sp³-hybridized carbons (Fsp3) is 0.553. The minimum atomic E-state index is -1.75. The second-order valence-corrected chi connectivity index (χ2v) is 15.0. The van der Waals surface area contributed by atoms with Gasteiger partial charge in [0.15, 0.2) is 6.10 Å². The summed E-state index contributed by atoms with van der Waals surface area (Å²) in [5.41, 5.74) is 4.85. The molecule has 2 aromatic carbocycles. The fourth-order valence-corrected chi connectivity index (χ4v) is 7.66. The molecule has 1 aliphatic heterocycles. The Kier molecular flexibility index (Phi) is 13.2. The van der Waals surface area contributed by atoms with E-state index < -0.39 is 65.6 Å². The van der Waals surface area contributed by atoms with Gasteiger partial charge in [-0.15, -0.1) is 5.10 Å². The number of carbonyl (C=O) groups excluding carboxylic acids is 4. The number of nitrogens with one attached hydrogen (secondary N) is 3. The van der Waals surface area contributed by atoms with Crippen molar-refractivity contribution in [2.24, 2.45) is 11.7 Å². The first-order chi connectivity index (χ1) is 25.7. The number of hydrogen-bond donors (Lipinski definition) is 7. The lowest BCUT2D eigenvalue weighted by Gasteiger charge is -2.32. The zero-order valence-electron chi connectivity index (χ0n) is 30.8. The van der Waals surface area contributed by atoms with Gasteiger partial charge in [0, 0.05) is 25.1 Å². The van der Waals surface area contributed by atoms with E-state index in [1.165, 1.54) is 15.8 Å². The van der Waals surface area contributed by atoms with Crippen LogP contribution in [-0.4, -0.2) is 102 Å². The van der Waals surface area contributed by atoms with Gasteiger partial charge in [-0.05, 0) is 68.4 Å². The maximum absolute atomic E-state index is 14.8. The molecule has 3 unspecified atom stereocenters. The Bertz CT molecular complexity index is 1800. The van der Waals surface area contributed by atoms with E-state index in [2.05, 4.69) is 26.3 Å². The van der Waals surface area contributed by atoms with Crippen LogP contribution in [0.25, 0.3) is 10.8 Å². The number of carboxylic acid groups (broad SMARTS) is 1. The van der Waals surface area contributed by atoms with Gasteiger partial charge in [0.05, 0.1) is 24.0 Å². The Hall–Kier alpha value is -5.09. The third-order valence-corrected chi connectivity index (χ3v) is 10.5. The highest BCUT2D eigenvalue weighted by Gasteiger charge is 2.45. The van der Waals surface area contributed by atoms with E-state index in [9.17, 15) is 34.2 Å². The molecule has 1 saturated heterocycles. The highest BCUT2D eigenvalue weighted by Crippen LogP contribution is 2.34. The van der Waals surface area contributed by atoms with Crippen LogP contribution in [-0.2, 0) is 20.0 Å². The zero-order chi connectivity index (χ0) is 39.0. The summed E-state index contributed by atoms with van der Waals surface area (Å²) in [5, 5.41) is 48.5. The molecular weight excluding hydrogens is 696 g/mol. The third kappa shape index (κ3) is 10.1. The van der Waals surface area contributed by atoms with Gasteiger partial charge >= 0.3 is 6.09 Å². The molecule has 5 amide bonds. The van der Waals surface area contributed by atoms with Crippen molar-refractivity contribution in [1.29, 1.82) is 0 Å². The molecule has 292 valence electrons. The van der Waals surface area contributed by atoms with E-state index in [1.807, 2.05) is 30.3 Å². The smallest absolute Gasteiger partial charge is 0.404 e. The molecule has 1 aliphatic carbocycles. The van der Waals surface area contributed by atoms with Gasteiger partial charge in [-0.2, -0.15) is 0 Å². The van der Waals surface area contributed by atoms with Crippen LogP contribution >= 0.6 is 0 Å². The van der Waals surface area contributed by atoms with Gasteiger partial charge in [-0.25, -0.2) is 9.48 Å². The van der Waals surface area contributed by atoms with Gasteiger partial charge < -0.3 is 41.9 Å². The van der Waals surface area contributed by atoms with Crippen molar-refractivity contribution in [3.8, 4) is 0 Å². The zero-order valence-corrected chi connectivity index (χ0v) is 30.8. The Labute approximate surface area is 313 Å². The van der Waals surface area contributed by atoms with Crippen molar-refractivity contribution in [2.45, 2.75) is 114 Å². The molecule has 2 fully saturated rings. The average Bonchev–Trinajstić information content (AvgIpc) is 3.82. The van der Waals surface area contributed by atoms with Gasteiger partial charge in [0.2, 0.25) is 17.7 Å². The minimum Gasteiger partial charge on any atom is -0.465 e. The molecule has 8 N–H and O–H groups in total. The van der Waals surface area contributed by atoms with Crippen LogP contribution in [0.2, 0.25) is 0 Å². The Morgan fingerprint density at radius 1 is 1.00 bits per heavy atom. The van der Waals surface area contributed by atoms with Crippen LogP contribution in [0.5, 0.6) is 0 Å². The number of aliphatic hydroxyl groups is 2. The molecule has 2 heterocycles. The summed E-state index contributed by atoms with van der Waals surface area (Å²) in [6.07, 6.45) is 4.67. The topological polar surface area (TPSA) is 242 Å². The maximum Gasteiger partial charge on any atom is 0.404 e. The standard InChI is InChI=1S/C38H52N8O8/c1-38(2,54)31-21-41-44-46(31)27-20-30(35(50)42-28(32(47)33(39)48)14-8-9-17-40-37(52)53)45(22-27)36(51)29(18-23-10-4-3-5-11-23)43-34(49)26-16-15-24-12-6-7-13-25(24)19-26/h6-7,12-13,15-16,19,21,23,27-30,32,40,47,54H,3-5,8-11,14,17-18,20,22H2,1-2H3,(H2,39,48)(H,42,50)(H,43,49)(H,52,53)/t27-,28?,29?,30+,32?/m1/s1. The summed E-state index contributed by atoms with van der Waals surface area (Å²) in [4.78, 5) is 67.2. The average molecular weight is 749 g/mol. The number of aliphatic hydroxyl groups excluding tert-OH is 1. The van der Waals surface area contributed by atoms with Crippen LogP contribution < -0.4 is 21.7 Å². The van der Waals surface area contributed by atoms with Crippen molar-refractivity contribution in [1.82, 2.24) is 35.8 Å². The molecule has 0 spiro atoms. The summed E-state index contributed by atoms with van der Waals surface area (Å²) < 4.78 is 1.50. The highest BCUT2D eigenvalue weighted by molar-refractivity contribution is 6.01. The number of likely N-dealkylation sites (tertiary alicyclic amines) is 1. The molecule has 1 aromatic heterocycles. The molecule has 2 aliphatic rings. The third-order valence-electron chi connectivity index (χ3n) is 10.5. The number of primary amides is 1. The SMILES string of the molecule is CC(C)(O)c1cnnn1[C@@H]1C[C@@H](C(=O)NC(CCCCNC(=O)O)C(O)C(N)=O)N(C(=O)C(CC2CCCCC2)NC(=O)c2ccc3ccccc3c2)C1. The molecule has 0 bridgehead atoms. The first kappa shape index (κ1) is 40.1. The van der Waals surface area contributed by atoms with Gasteiger partial charge in [-0.1, -0.05) is 67.6 Å². The van der Waals surface area contributed by atoms with E-state index in [1.54, 1.807) is 26.0 Å². The largest absolute Gasteiger partial charge is 0.465 e. The molecular formula is C38H52N8O8. The minimum absolute atomic E-state index is 0.000267. The first-order valence-corrected chi connectivity index (χ1v) is 18.7. The van der Waals surface area contributed by atoms with Gasteiger partial charge in [-0.3, -0.25) is 19.2 Å². The van der Waals surface area contributed by atoms with Gasteiger partial charge in [0.1, 0.15) is 17.7 Å². The van der Waals surface area contributed by atoms with Crippen LogP contribution in [0.4, 0.5) is 4.79 Å². The normalized spacial score (nSPS) is 19.5. The van der Waals surface area contributed by atoms with Crippen LogP contribution in [0.3, 0.4) is 0 Å². The summed E-state index contributed by atoms with van der Waals surface area (Å²) in [7, 11) is 0. The number of hydrogen-bond acceptors (Lipinski definition) is 9. The van der Waals surface area contributed by atoms with Crippen molar-refractivity contribution < 1.29 is 39.3 Å². The number of carbonyl (C=O) groups is 5. The van der Waals surface area contributed by atoms with E-state index in [0.717, 1.165) is 42.9 Å². The van der Waals surface area contributed by atoms with Crippen molar-refractivity contribution in [3.05, 3.63) is 59.9 Å². The first-order valence-electron chi connectivity index (χ1n) is 18.7. The predicted octanol–water partition coefficient (Wildman–Crippen LogP) is 2.34. The van der Waals surface area contributed by atoms with Crippen LogP contribution in [0.1, 0.15) is 100 Å². The number of amides is 5. The molecule has 54 heavy (non-hydrogen) atoms. The number of nitrogens with two attached hydrogens (primary N) is 1. The number of unbranched alkanes of at least 4 members (excludes halogenated alkanes) is 1. The van der Waals surface area contributed by atoms with E-state index in [-0.39, 0.29) is 31.8 Å². The summed E-state index contributed by atoms with van der Waals surface area (Å²) >= 11 is 0. The predicted molar refractivity (Wildman–Crippen MR) is 198 cm³/mol. The maximum atomic E-state index is 14.8. The van der Waals surface area contributed by atoms with Crippen LogP contribution in [0, 0.1) is 5.92 Å². The highest BCUT2D eigenvalue weighted by atomic mass is 16.4. The molecule has 5 rings (SSSR count). The number of fused-ring (bicyclic) bond motifs is 1. The quantitative estimate of drug-likeness (QED) is 0.106. The molecule has 16 nitrogen and oxygen atoms in total.